The van der Waals surface area contributed by atoms with Crippen molar-refractivity contribution in [2.75, 3.05) is 7.11 Å². The fourth-order valence-electron chi connectivity index (χ4n) is 3.04. The van der Waals surface area contributed by atoms with Crippen LogP contribution in [0.3, 0.4) is 0 Å². The van der Waals surface area contributed by atoms with E-state index in [4.69, 9.17) is 13.7 Å². The smallest absolute Gasteiger partial charge is 0.192 e. The molecule has 8 heteroatoms. The van der Waals surface area contributed by atoms with Crippen molar-refractivity contribution in [3.8, 4) is 17.0 Å². The van der Waals surface area contributed by atoms with Gasteiger partial charge in [0.15, 0.2) is 5.16 Å². The lowest BCUT2D eigenvalue weighted by molar-refractivity contribution is 0.395. The van der Waals surface area contributed by atoms with E-state index in [0.29, 0.717) is 12.3 Å². The summed E-state index contributed by atoms with van der Waals surface area (Å²) in [6, 6.07) is 13.5. The Bertz CT molecular complexity index is 1070. The van der Waals surface area contributed by atoms with Crippen LogP contribution in [-0.4, -0.2) is 27.0 Å². The van der Waals surface area contributed by atoms with Crippen LogP contribution in [0.25, 0.3) is 11.3 Å². The third-order valence-electron chi connectivity index (χ3n) is 4.44. The summed E-state index contributed by atoms with van der Waals surface area (Å²) in [6.45, 7) is 4.80. The van der Waals surface area contributed by atoms with Crippen molar-refractivity contribution in [3.63, 3.8) is 0 Å². The average Bonchev–Trinajstić information content (AvgIpc) is 3.48. The van der Waals surface area contributed by atoms with Crippen LogP contribution in [0, 0.1) is 0 Å². The average molecular weight is 410 g/mol. The van der Waals surface area contributed by atoms with Gasteiger partial charge in [-0.2, -0.15) is 0 Å². The molecule has 0 aliphatic heterocycles. The van der Waals surface area contributed by atoms with Gasteiger partial charge in [-0.1, -0.05) is 42.9 Å². The highest BCUT2D eigenvalue weighted by Gasteiger charge is 2.18. The molecule has 0 saturated carbocycles. The van der Waals surface area contributed by atoms with Gasteiger partial charge >= 0.3 is 0 Å². The molecule has 3 heterocycles. The van der Waals surface area contributed by atoms with Gasteiger partial charge in [-0.25, -0.2) is 0 Å². The van der Waals surface area contributed by atoms with Crippen LogP contribution in [0.15, 0.2) is 62.8 Å². The third kappa shape index (κ3) is 4.22. The molecule has 0 bridgehead atoms. The summed E-state index contributed by atoms with van der Waals surface area (Å²) < 4.78 is 18.5. The minimum atomic E-state index is 0.259. The van der Waals surface area contributed by atoms with E-state index < -0.39 is 0 Å². The molecule has 0 saturated heterocycles. The minimum absolute atomic E-state index is 0.259. The zero-order valence-electron chi connectivity index (χ0n) is 16.5. The number of ether oxygens (including phenoxy) is 1. The van der Waals surface area contributed by atoms with Gasteiger partial charge in [0, 0.05) is 17.5 Å². The molecule has 0 aliphatic rings. The lowest BCUT2D eigenvalue weighted by atomic mass is 10.1. The van der Waals surface area contributed by atoms with Gasteiger partial charge in [-0.3, -0.25) is 4.57 Å². The zero-order chi connectivity index (χ0) is 20.2. The number of rotatable bonds is 8. The van der Waals surface area contributed by atoms with Crippen molar-refractivity contribution in [1.29, 1.82) is 0 Å². The van der Waals surface area contributed by atoms with E-state index in [9.17, 15) is 0 Å². The summed E-state index contributed by atoms with van der Waals surface area (Å²) in [5.41, 5.74) is 1.65. The molecule has 4 aromatic rings. The van der Waals surface area contributed by atoms with Gasteiger partial charge in [-0.15, -0.1) is 10.2 Å². The van der Waals surface area contributed by atoms with Crippen LogP contribution in [0.2, 0.25) is 0 Å². The summed E-state index contributed by atoms with van der Waals surface area (Å²) in [5, 5.41) is 13.8. The van der Waals surface area contributed by atoms with Crippen LogP contribution < -0.4 is 4.74 Å². The van der Waals surface area contributed by atoms with Gasteiger partial charge in [-0.05, 0) is 24.3 Å². The van der Waals surface area contributed by atoms with Gasteiger partial charge in [0.05, 0.1) is 25.7 Å². The van der Waals surface area contributed by atoms with Crippen molar-refractivity contribution in [1.82, 2.24) is 19.9 Å². The summed E-state index contributed by atoms with van der Waals surface area (Å²) in [6.07, 6.45) is 1.68. The van der Waals surface area contributed by atoms with Crippen molar-refractivity contribution in [2.24, 2.45) is 0 Å². The van der Waals surface area contributed by atoms with E-state index in [0.717, 1.165) is 39.5 Å². The molecule has 29 heavy (non-hydrogen) atoms. The van der Waals surface area contributed by atoms with Gasteiger partial charge in [0.2, 0.25) is 0 Å². The highest BCUT2D eigenvalue weighted by molar-refractivity contribution is 7.98. The molecule has 0 fully saturated rings. The maximum atomic E-state index is 5.54. The number of methoxy groups -OCH3 is 1. The largest absolute Gasteiger partial charge is 0.496 e. The van der Waals surface area contributed by atoms with Gasteiger partial charge in [0.1, 0.15) is 28.8 Å². The highest BCUT2D eigenvalue weighted by atomic mass is 32.2. The van der Waals surface area contributed by atoms with Crippen molar-refractivity contribution >= 4 is 11.8 Å². The Labute approximate surface area is 173 Å². The maximum Gasteiger partial charge on any atom is 0.192 e. The molecule has 0 N–H and O–H groups in total. The van der Waals surface area contributed by atoms with Crippen LogP contribution >= 0.6 is 11.8 Å². The topological polar surface area (TPSA) is 79.1 Å². The van der Waals surface area contributed by atoms with E-state index >= 15 is 0 Å². The second kappa shape index (κ2) is 8.57. The molecule has 0 spiro atoms. The minimum Gasteiger partial charge on any atom is -0.496 e. The van der Waals surface area contributed by atoms with E-state index in [2.05, 4.69) is 33.8 Å². The van der Waals surface area contributed by atoms with Crippen LogP contribution in [0.1, 0.15) is 37.1 Å². The predicted molar refractivity (Wildman–Crippen MR) is 110 cm³/mol. The van der Waals surface area contributed by atoms with Crippen LogP contribution in [-0.2, 0) is 12.3 Å². The number of furan rings is 1. The van der Waals surface area contributed by atoms with Crippen molar-refractivity contribution in [3.05, 3.63) is 66.1 Å². The molecular formula is C21H22N4O3S. The highest BCUT2D eigenvalue weighted by Crippen LogP contribution is 2.31. The van der Waals surface area contributed by atoms with E-state index in [-0.39, 0.29) is 5.92 Å². The van der Waals surface area contributed by atoms with E-state index in [1.54, 1.807) is 25.1 Å². The molecule has 1 aromatic carbocycles. The van der Waals surface area contributed by atoms with Crippen LogP contribution in [0.4, 0.5) is 0 Å². The number of nitrogens with zero attached hydrogens (tertiary/aromatic N) is 4. The van der Waals surface area contributed by atoms with Gasteiger partial charge in [0.25, 0.3) is 0 Å². The second-order valence-corrected chi connectivity index (χ2v) is 7.77. The normalized spacial score (nSPS) is 11.3. The number of benzene rings is 1. The summed E-state index contributed by atoms with van der Waals surface area (Å²) in [5.74, 6) is 4.17. The second-order valence-electron chi connectivity index (χ2n) is 6.83. The Balaban J connectivity index is 1.52. The molecule has 4 rings (SSSR count). The summed E-state index contributed by atoms with van der Waals surface area (Å²) >= 11 is 1.56. The number of para-hydroxylation sites is 1. The Morgan fingerprint density at radius 1 is 1.10 bits per heavy atom. The molecule has 7 nitrogen and oxygen atoms in total. The molecule has 0 aliphatic carbocycles. The fourth-order valence-corrected chi connectivity index (χ4v) is 3.86. The number of thioether (sulfide) groups is 1. The third-order valence-corrected chi connectivity index (χ3v) is 5.43. The van der Waals surface area contributed by atoms with Gasteiger partial charge < -0.3 is 13.7 Å². The molecule has 150 valence electrons. The fraction of sp³-hybridized carbons (Fsp3) is 0.286. The number of hydrogen-bond donors (Lipinski definition) is 0. The Morgan fingerprint density at radius 2 is 1.97 bits per heavy atom. The Kier molecular flexibility index (Phi) is 5.71. The molecular weight excluding hydrogens is 388 g/mol. The van der Waals surface area contributed by atoms with Crippen LogP contribution in [0.5, 0.6) is 5.75 Å². The monoisotopic (exact) mass is 410 g/mol. The summed E-state index contributed by atoms with van der Waals surface area (Å²) in [7, 11) is 1.65. The standard InChI is InChI=1S/C21H22N4O3S/c1-14(2)20-22-23-21(25(20)12-15-7-6-10-27-15)29-13-16-11-18(24-28-16)17-8-4-5-9-19(17)26-3/h4-11,14H,12-13H2,1-3H3. The Hall–Kier alpha value is -3.00. The predicted octanol–water partition coefficient (Wildman–Crippen LogP) is 5.00. The first kappa shape index (κ1) is 19.3. The number of hydrogen-bond acceptors (Lipinski definition) is 7. The molecule has 0 unspecified atom stereocenters. The molecule has 0 amide bonds. The molecule has 0 atom stereocenters. The maximum absolute atomic E-state index is 5.54. The van der Waals surface area contributed by atoms with E-state index in [1.165, 1.54) is 0 Å². The van der Waals surface area contributed by atoms with Crippen molar-refractivity contribution in [2.45, 2.75) is 37.2 Å². The Morgan fingerprint density at radius 3 is 2.72 bits per heavy atom. The number of aromatic nitrogens is 4. The molecule has 0 radical (unpaired) electrons. The summed E-state index contributed by atoms with van der Waals surface area (Å²) in [4.78, 5) is 0. The lowest BCUT2D eigenvalue weighted by Gasteiger charge is -2.10. The first-order valence-electron chi connectivity index (χ1n) is 9.33. The molecule has 3 aromatic heterocycles. The SMILES string of the molecule is COc1ccccc1-c1cc(CSc2nnc(C(C)C)n2Cc2ccco2)on1. The van der Waals surface area contributed by atoms with Crippen molar-refractivity contribution < 1.29 is 13.7 Å². The lowest BCUT2D eigenvalue weighted by Crippen LogP contribution is -2.07. The zero-order valence-corrected chi connectivity index (χ0v) is 17.3. The first-order chi connectivity index (χ1) is 14.2. The quantitative estimate of drug-likeness (QED) is 0.378. The van der Waals surface area contributed by atoms with E-state index in [1.807, 2.05) is 42.5 Å². The first-order valence-corrected chi connectivity index (χ1v) is 10.3.